The summed E-state index contributed by atoms with van der Waals surface area (Å²) < 4.78 is 61.9. The van der Waals surface area contributed by atoms with E-state index in [9.17, 15) is 21.6 Å². The van der Waals surface area contributed by atoms with Crippen molar-refractivity contribution in [2.45, 2.75) is 29.9 Å². The molecular weight excluding hydrogens is 329 g/mol. The van der Waals surface area contributed by atoms with E-state index in [0.717, 1.165) is 6.26 Å². The van der Waals surface area contributed by atoms with Crippen LogP contribution in [0.4, 0.5) is 13.2 Å². The highest BCUT2D eigenvalue weighted by molar-refractivity contribution is 7.91. The molecule has 2 aromatic rings. The van der Waals surface area contributed by atoms with Gasteiger partial charge in [0.15, 0.2) is 9.84 Å². The number of alkyl halides is 4. The molecule has 0 amide bonds. The molecule has 0 fully saturated rings. The molecule has 0 aliphatic carbocycles. The number of halogens is 4. The molecule has 0 aliphatic heterocycles. The zero-order chi connectivity index (χ0) is 15.8. The molecule has 2 rings (SSSR count). The average Bonchev–Trinajstić information content (AvgIpc) is 2.71. The Kier molecular flexibility index (Phi) is 4.21. The standard InChI is InChI=1S/C12H12ClF3N2O2S/c1-21(19,20)9-4-2-3-8-11(9)17-10(7-13)18(8)6-5-12(14,15)16/h2-4H,5-7H2,1H3. The zero-order valence-electron chi connectivity index (χ0n) is 11.0. The SMILES string of the molecule is CS(=O)(=O)c1cccc2c1nc(CCl)n2CCC(F)(F)F. The third-order valence-corrected chi connectivity index (χ3v) is 4.33. The van der Waals surface area contributed by atoms with E-state index in [2.05, 4.69) is 4.98 Å². The molecule has 0 bridgehead atoms. The van der Waals surface area contributed by atoms with Gasteiger partial charge in [-0.3, -0.25) is 0 Å². The highest BCUT2D eigenvalue weighted by atomic mass is 35.5. The van der Waals surface area contributed by atoms with Gasteiger partial charge in [-0.1, -0.05) is 6.07 Å². The molecule has 9 heteroatoms. The minimum Gasteiger partial charge on any atom is -0.327 e. The number of nitrogens with zero attached hydrogens (tertiary/aromatic N) is 2. The molecule has 0 N–H and O–H groups in total. The molecule has 0 spiro atoms. The van der Waals surface area contributed by atoms with E-state index in [1.165, 1.54) is 22.8 Å². The number of fused-ring (bicyclic) bond motifs is 1. The van der Waals surface area contributed by atoms with Gasteiger partial charge in [-0.15, -0.1) is 11.6 Å². The maximum atomic E-state index is 12.4. The van der Waals surface area contributed by atoms with Crippen molar-refractivity contribution in [1.82, 2.24) is 9.55 Å². The van der Waals surface area contributed by atoms with Crippen molar-refractivity contribution >= 4 is 32.5 Å². The van der Waals surface area contributed by atoms with Gasteiger partial charge in [-0.25, -0.2) is 13.4 Å². The van der Waals surface area contributed by atoms with Crippen LogP contribution in [0.1, 0.15) is 12.2 Å². The van der Waals surface area contributed by atoms with Crippen LogP contribution in [-0.4, -0.2) is 30.4 Å². The van der Waals surface area contributed by atoms with Gasteiger partial charge in [-0.05, 0) is 12.1 Å². The summed E-state index contributed by atoms with van der Waals surface area (Å²) in [4.78, 5) is 4.07. The highest BCUT2D eigenvalue weighted by Gasteiger charge is 2.28. The van der Waals surface area contributed by atoms with Crippen LogP contribution in [0.25, 0.3) is 11.0 Å². The van der Waals surface area contributed by atoms with Crippen molar-refractivity contribution in [1.29, 1.82) is 0 Å². The summed E-state index contributed by atoms with van der Waals surface area (Å²) in [6.07, 6.45) is -4.32. The fourth-order valence-electron chi connectivity index (χ4n) is 2.06. The van der Waals surface area contributed by atoms with Gasteiger partial charge in [0, 0.05) is 12.8 Å². The molecular formula is C12H12ClF3N2O2S. The van der Waals surface area contributed by atoms with Crippen LogP contribution in [-0.2, 0) is 22.3 Å². The Hall–Kier alpha value is -1.28. The van der Waals surface area contributed by atoms with E-state index < -0.39 is 22.4 Å². The van der Waals surface area contributed by atoms with E-state index >= 15 is 0 Å². The molecule has 0 atom stereocenters. The number of imidazole rings is 1. The van der Waals surface area contributed by atoms with E-state index in [1.807, 2.05) is 0 Å². The van der Waals surface area contributed by atoms with Gasteiger partial charge in [0.1, 0.15) is 11.3 Å². The van der Waals surface area contributed by atoms with Crippen LogP contribution in [0.5, 0.6) is 0 Å². The Morgan fingerprint density at radius 2 is 2.00 bits per heavy atom. The van der Waals surface area contributed by atoms with Crippen molar-refractivity contribution in [2.24, 2.45) is 0 Å². The Morgan fingerprint density at radius 1 is 1.33 bits per heavy atom. The molecule has 0 unspecified atom stereocenters. The maximum absolute atomic E-state index is 12.4. The minimum absolute atomic E-state index is 0.0166. The smallest absolute Gasteiger partial charge is 0.327 e. The second-order valence-corrected chi connectivity index (χ2v) is 6.83. The normalized spacial score (nSPS) is 13.0. The fraction of sp³-hybridized carbons (Fsp3) is 0.417. The molecule has 0 saturated heterocycles. The van der Waals surface area contributed by atoms with Crippen LogP contribution >= 0.6 is 11.6 Å². The molecule has 21 heavy (non-hydrogen) atoms. The highest BCUT2D eigenvalue weighted by Crippen LogP contribution is 2.27. The third-order valence-electron chi connectivity index (χ3n) is 2.96. The number of rotatable bonds is 4. The summed E-state index contributed by atoms with van der Waals surface area (Å²) >= 11 is 5.71. The third kappa shape index (κ3) is 3.49. The van der Waals surface area contributed by atoms with Crippen molar-refractivity contribution in [2.75, 3.05) is 6.26 Å². The monoisotopic (exact) mass is 340 g/mol. The lowest BCUT2D eigenvalue weighted by molar-refractivity contribution is -0.136. The molecule has 0 radical (unpaired) electrons. The van der Waals surface area contributed by atoms with Crippen molar-refractivity contribution < 1.29 is 21.6 Å². The van der Waals surface area contributed by atoms with Crippen LogP contribution in [0.2, 0.25) is 0 Å². The number of hydrogen-bond donors (Lipinski definition) is 0. The first-order chi connectivity index (χ1) is 9.63. The first-order valence-electron chi connectivity index (χ1n) is 5.94. The maximum Gasteiger partial charge on any atom is 0.390 e. The molecule has 1 aromatic heterocycles. The topological polar surface area (TPSA) is 52.0 Å². The summed E-state index contributed by atoms with van der Waals surface area (Å²) in [6, 6.07) is 4.38. The van der Waals surface area contributed by atoms with Crippen molar-refractivity contribution in [3.63, 3.8) is 0 Å². The number of para-hydroxylation sites is 1. The van der Waals surface area contributed by atoms with Crippen molar-refractivity contribution in [3.05, 3.63) is 24.0 Å². The predicted molar refractivity (Wildman–Crippen MR) is 73.1 cm³/mol. The number of aryl methyl sites for hydroxylation is 1. The Morgan fingerprint density at radius 3 is 2.52 bits per heavy atom. The molecule has 1 heterocycles. The van der Waals surface area contributed by atoms with E-state index in [0.29, 0.717) is 5.52 Å². The second-order valence-electron chi connectivity index (χ2n) is 4.57. The van der Waals surface area contributed by atoms with Gasteiger partial charge in [0.05, 0.1) is 22.7 Å². The van der Waals surface area contributed by atoms with Gasteiger partial charge in [-0.2, -0.15) is 13.2 Å². The predicted octanol–water partition coefficient (Wildman–Crippen LogP) is 3.13. The minimum atomic E-state index is -4.31. The summed E-state index contributed by atoms with van der Waals surface area (Å²) in [5, 5.41) is 0. The van der Waals surface area contributed by atoms with E-state index in [-0.39, 0.29) is 28.7 Å². The zero-order valence-corrected chi connectivity index (χ0v) is 12.6. The van der Waals surface area contributed by atoms with E-state index in [1.54, 1.807) is 0 Å². The van der Waals surface area contributed by atoms with Gasteiger partial charge < -0.3 is 4.57 Å². The van der Waals surface area contributed by atoms with Gasteiger partial charge >= 0.3 is 6.18 Å². The van der Waals surface area contributed by atoms with Crippen LogP contribution in [0, 0.1) is 0 Å². The lowest BCUT2D eigenvalue weighted by atomic mass is 10.3. The Balaban J connectivity index is 2.60. The quantitative estimate of drug-likeness (QED) is 0.803. The molecule has 1 aromatic carbocycles. The summed E-state index contributed by atoms with van der Waals surface area (Å²) in [6.45, 7) is -0.352. The van der Waals surface area contributed by atoms with Crippen LogP contribution in [0.3, 0.4) is 0 Å². The van der Waals surface area contributed by atoms with E-state index in [4.69, 9.17) is 11.6 Å². The van der Waals surface area contributed by atoms with Gasteiger partial charge in [0.2, 0.25) is 0 Å². The fourth-order valence-corrected chi connectivity index (χ4v) is 3.09. The average molecular weight is 341 g/mol. The van der Waals surface area contributed by atoms with Crippen LogP contribution < -0.4 is 0 Å². The summed E-state index contributed by atoms with van der Waals surface area (Å²) in [5.74, 6) is 0.113. The molecule has 4 nitrogen and oxygen atoms in total. The molecule has 116 valence electrons. The summed E-state index contributed by atoms with van der Waals surface area (Å²) in [7, 11) is -3.53. The number of benzene rings is 1. The lowest BCUT2D eigenvalue weighted by Gasteiger charge is -2.10. The number of hydrogen-bond acceptors (Lipinski definition) is 3. The first-order valence-corrected chi connectivity index (χ1v) is 8.37. The summed E-state index contributed by atoms with van der Waals surface area (Å²) in [5.41, 5.74) is 0.482. The lowest BCUT2D eigenvalue weighted by Crippen LogP contribution is -2.13. The van der Waals surface area contributed by atoms with Crippen LogP contribution in [0.15, 0.2) is 23.1 Å². The van der Waals surface area contributed by atoms with Gasteiger partial charge in [0.25, 0.3) is 0 Å². The second kappa shape index (κ2) is 5.49. The number of aromatic nitrogens is 2. The molecule has 0 saturated carbocycles. The Bertz CT molecular complexity index is 769. The Labute approximate surface area is 124 Å². The van der Waals surface area contributed by atoms with Crippen molar-refractivity contribution in [3.8, 4) is 0 Å². The molecule has 0 aliphatic rings. The number of sulfone groups is 1. The first kappa shape index (κ1) is 16.1. The largest absolute Gasteiger partial charge is 0.390 e.